The molecular formula is C64H44N4. The molecule has 15 rings (SSSR count). The van der Waals surface area contributed by atoms with E-state index in [0.717, 1.165) is 22.7 Å². The summed E-state index contributed by atoms with van der Waals surface area (Å²) >= 11 is 0. The molecule has 11 aromatic rings. The van der Waals surface area contributed by atoms with Gasteiger partial charge < -0.3 is 19.6 Å². The monoisotopic (exact) mass is 868 g/mol. The summed E-state index contributed by atoms with van der Waals surface area (Å²) < 4.78 is 0. The fraction of sp³-hybridized carbons (Fsp3) is 0.0625. The van der Waals surface area contributed by atoms with Gasteiger partial charge in [-0.05, 0) is 168 Å². The number of nitrogens with zero attached hydrogens (tertiary/aromatic N) is 4. The Labute approximate surface area is 395 Å². The molecule has 0 saturated heterocycles. The Morgan fingerprint density at radius 3 is 1.53 bits per heavy atom. The van der Waals surface area contributed by atoms with Crippen LogP contribution in [0.15, 0.2) is 212 Å². The van der Waals surface area contributed by atoms with Crippen LogP contribution in [0, 0.1) is 0 Å². The summed E-state index contributed by atoms with van der Waals surface area (Å²) in [7, 11) is 4.39. The molecule has 3 aliphatic heterocycles. The van der Waals surface area contributed by atoms with Crippen LogP contribution in [-0.2, 0) is 5.41 Å². The topological polar surface area (TPSA) is 13.0 Å². The van der Waals surface area contributed by atoms with Crippen LogP contribution in [-0.4, -0.2) is 14.1 Å². The zero-order chi connectivity index (χ0) is 45.0. The van der Waals surface area contributed by atoms with Crippen LogP contribution in [0.5, 0.6) is 0 Å². The summed E-state index contributed by atoms with van der Waals surface area (Å²) in [5.74, 6) is 0. The lowest BCUT2D eigenvalue weighted by atomic mass is 9.73. The number of benzene rings is 11. The Bertz CT molecular complexity index is 3960. The van der Waals surface area contributed by atoms with Crippen LogP contribution >= 0.6 is 0 Å². The Hall–Kier alpha value is -8.60. The van der Waals surface area contributed by atoms with Crippen molar-refractivity contribution in [1.29, 1.82) is 0 Å². The molecule has 4 aliphatic rings. The van der Waals surface area contributed by atoms with Gasteiger partial charge in [0.25, 0.3) is 0 Å². The van der Waals surface area contributed by atoms with Gasteiger partial charge >= 0.3 is 0 Å². The van der Waals surface area contributed by atoms with Crippen LogP contribution < -0.4 is 19.6 Å². The van der Waals surface area contributed by atoms with Gasteiger partial charge in [0.05, 0.1) is 45.5 Å². The Morgan fingerprint density at radius 1 is 0.324 bits per heavy atom. The van der Waals surface area contributed by atoms with E-state index in [-0.39, 0.29) is 0 Å². The summed E-state index contributed by atoms with van der Waals surface area (Å²) in [6, 6.07) is 80.3. The van der Waals surface area contributed by atoms with Crippen molar-refractivity contribution in [2.45, 2.75) is 12.3 Å². The minimum Gasteiger partial charge on any atom is -0.341 e. The fourth-order valence-electron chi connectivity index (χ4n) is 12.7. The number of anilines is 10. The molecule has 1 aliphatic carbocycles. The SMILES string of the molecule is CN1c2ccccc2N(c2ccc3c4c5cc(ccc5c(-c5cccc6ccccc56)c3c2)N2c3ccccc3N(C)c3ccc(cc32)C2(C)c3ccccc3-c3ccc-4cc32)c2ccccc21. The molecule has 0 aromatic heterocycles. The lowest BCUT2D eigenvalue weighted by Gasteiger charge is -2.40. The van der Waals surface area contributed by atoms with E-state index in [1.54, 1.807) is 0 Å². The van der Waals surface area contributed by atoms with Crippen molar-refractivity contribution in [3.8, 4) is 33.4 Å². The van der Waals surface area contributed by atoms with Gasteiger partial charge in [-0.3, -0.25) is 0 Å². The molecule has 1 unspecified atom stereocenters. The van der Waals surface area contributed by atoms with Gasteiger partial charge in [-0.25, -0.2) is 0 Å². The standard InChI is InChI=1S/C64H44N4/c1-64-41-28-34-57-61(36-41)68(60-26-13-10-23-56(60)66(57)3)43-30-33-49-50(37-43)62(40-27-31-46(53(64)35-40)45-18-6-7-20-52(45)64)48-32-29-42(38-51(48)63(49)47-19-14-16-39-15-4-5-17-44(39)47)67-58-24-11-8-21-54(58)65(2)55-22-9-12-25-59(55)67/h4-38H,1-3H3. The minimum absolute atomic E-state index is 0.404. The highest BCUT2D eigenvalue weighted by Crippen LogP contribution is 2.59. The summed E-state index contributed by atoms with van der Waals surface area (Å²) in [5.41, 5.74) is 22.8. The van der Waals surface area contributed by atoms with E-state index in [1.165, 1.54) is 117 Å². The molecule has 320 valence electrons. The third-order valence-corrected chi connectivity index (χ3v) is 15.9. The van der Waals surface area contributed by atoms with E-state index in [1.807, 2.05) is 0 Å². The number of hydrogen-bond acceptors (Lipinski definition) is 4. The number of hydrogen-bond donors (Lipinski definition) is 0. The summed E-state index contributed by atoms with van der Waals surface area (Å²) in [6.07, 6.45) is 0. The molecule has 0 fully saturated rings. The molecule has 0 amide bonds. The average Bonchev–Trinajstić information content (AvgIpc) is 3.65. The predicted molar refractivity (Wildman–Crippen MR) is 286 cm³/mol. The fourth-order valence-corrected chi connectivity index (χ4v) is 12.7. The van der Waals surface area contributed by atoms with E-state index in [2.05, 4.69) is 253 Å². The third-order valence-electron chi connectivity index (χ3n) is 15.9. The number of para-hydroxylation sites is 6. The number of fused-ring (bicyclic) bond motifs is 16. The molecule has 0 N–H and O–H groups in total. The second kappa shape index (κ2) is 13.5. The van der Waals surface area contributed by atoms with E-state index in [0.29, 0.717) is 0 Å². The molecule has 4 nitrogen and oxygen atoms in total. The van der Waals surface area contributed by atoms with Crippen molar-refractivity contribution < 1.29 is 0 Å². The predicted octanol–water partition coefficient (Wildman–Crippen LogP) is 17.2. The van der Waals surface area contributed by atoms with E-state index >= 15 is 0 Å². The summed E-state index contributed by atoms with van der Waals surface area (Å²) in [4.78, 5) is 9.66. The Morgan fingerprint density at radius 2 is 0.838 bits per heavy atom. The van der Waals surface area contributed by atoms with Crippen LogP contribution in [0.25, 0.3) is 65.7 Å². The maximum absolute atomic E-state index is 2.54. The van der Waals surface area contributed by atoms with Crippen molar-refractivity contribution in [3.05, 3.63) is 229 Å². The molecule has 0 radical (unpaired) electrons. The van der Waals surface area contributed by atoms with Gasteiger partial charge in [0.1, 0.15) is 0 Å². The highest BCUT2D eigenvalue weighted by atomic mass is 15.3. The van der Waals surface area contributed by atoms with Gasteiger partial charge in [0.2, 0.25) is 0 Å². The van der Waals surface area contributed by atoms with Gasteiger partial charge in [0.15, 0.2) is 0 Å². The Kier molecular flexibility index (Phi) is 7.46. The molecule has 0 saturated carbocycles. The van der Waals surface area contributed by atoms with Crippen molar-refractivity contribution in [2.24, 2.45) is 0 Å². The normalized spacial score (nSPS) is 15.8. The van der Waals surface area contributed by atoms with Crippen LogP contribution in [0.4, 0.5) is 56.9 Å². The highest BCUT2D eigenvalue weighted by Gasteiger charge is 2.43. The third kappa shape index (κ3) is 4.83. The molecule has 3 heterocycles. The van der Waals surface area contributed by atoms with Crippen LogP contribution in [0.2, 0.25) is 0 Å². The summed E-state index contributed by atoms with van der Waals surface area (Å²) in [5, 5.41) is 7.37. The summed E-state index contributed by atoms with van der Waals surface area (Å²) in [6.45, 7) is 2.45. The smallest absolute Gasteiger partial charge is 0.0702 e. The van der Waals surface area contributed by atoms with E-state index in [9.17, 15) is 0 Å². The molecule has 6 bridgehead atoms. The first-order valence-electron chi connectivity index (χ1n) is 23.7. The molecule has 68 heavy (non-hydrogen) atoms. The van der Waals surface area contributed by atoms with Gasteiger partial charge in [-0.2, -0.15) is 0 Å². The maximum Gasteiger partial charge on any atom is 0.0702 e. The molecule has 0 spiro atoms. The lowest BCUT2D eigenvalue weighted by Crippen LogP contribution is -2.27. The van der Waals surface area contributed by atoms with Crippen LogP contribution in [0.3, 0.4) is 0 Å². The molecule has 4 heteroatoms. The molecule has 1 atom stereocenters. The highest BCUT2D eigenvalue weighted by molar-refractivity contribution is 6.25. The van der Waals surface area contributed by atoms with Gasteiger partial charge in [-0.1, -0.05) is 133 Å². The maximum atomic E-state index is 2.54. The molecular weight excluding hydrogens is 825 g/mol. The van der Waals surface area contributed by atoms with Crippen molar-refractivity contribution in [2.75, 3.05) is 33.7 Å². The average molecular weight is 869 g/mol. The lowest BCUT2D eigenvalue weighted by molar-refractivity contribution is 0.714. The second-order valence-corrected chi connectivity index (χ2v) is 19.1. The quantitative estimate of drug-likeness (QED) is 0.160. The Balaban J connectivity index is 1.11. The van der Waals surface area contributed by atoms with E-state index < -0.39 is 5.41 Å². The number of rotatable bonds is 2. The first-order chi connectivity index (χ1) is 33.5. The van der Waals surface area contributed by atoms with E-state index in [4.69, 9.17) is 0 Å². The first kappa shape index (κ1) is 37.6. The van der Waals surface area contributed by atoms with Crippen molar-refractivity contribution in [1.82, 2.24) is 0 Å². The minimum atomic E-state index is -0.404. The zero-order valence-electron chi connectivity index (χ0n) is 38.0. The van der Waals surface area contributed by atoms with Gasteiger partial charge in [-0.15, -0.1) is 0 Å². The first-order valence-corrected chi connectivity index (χ1v) is 23.7. The van der Waals surface area contributed by atoms with Crippen molar-refractivity contribution >= 4 is 89.2 Å². The second-order valence-electron chi connectivity index (χ2n) is 19.1. The molecule has 11 aromatic carbocycles. The zero-order valence-corrected chi connectivity index (χ0v) is 38.0. The van der Waals surface area contributed by atoms with Gasteiger partial charge in [0, 0.05) is 30.9 Å². The van der Waals surface area contributed by atoms with Crippen molar-refractivity contribution in [3.63, 3.8) is 0 Å². The largest absolute Gasteiger partial charge is 0.341 e. The van der Waals surface area contributed by atoms with Crippen LogP contribution in [0.1, 0.15) is 23.6 Å².